The maximum atomic E-state index is 12.4. The van der Waals surface area contributed by atoms with Gasteiger partial charge in [-0.25, -0.2) is 9.97 Å². The summed E-state index contributed by atoms with van der Waals surface area (Å²) < 4.78 is 0. The predicted octanol–water partition coefficient (Wildman–Crippen LogP) is 1.46. The van der Waals surface area contributed by atoms with Crippen LogP contribution in [-0.2, 0) is 0 Å². The Morgan fingerprint density at radius 3 is 2.33 bits per heavy atom. The fourth-order valence-electron chi connectivity index (χ4n) is 2.92. The second kappa shape index (κ2) is 7.36. The number of amides is 1. The number of carbonyl (C=O) groups is 1. The van der Waals surface area contributed by atoms with E-state index in [9.17, 15) is 4.79 Å². The molecule has 1 fully saturated rings. The number of likely N-dealkylation sites (tertiary alicyclic amines) is 1. The highest BCUT2D eigenvalue weighted by Crippen LogP contribution is 2.18. The average molecular weight is 291 g/mol. The minimum absolute atomic E-state index is 0.0376. The SMILES string of the molecule is CCN(CC)C1CCN(C(=O)c2cnc(NC)nc2)CC1. The highest BCUT2D eigenvalue weighted by molar-refractivity contribution is 5.93. The standard InChI is InChI=1S/C15H25N5O/c1-4-19(5-2)13-6-8-20(9-7-13)14(21)12-10-17-15(16-3)18-11-12/h10-11,13H,4-9H2,1-3H3,(H,16,17,18). The van der Waals surface area contributed by atoms with Gasteiger partial charge in [-0.1, -0.05) is 13.8 Å². The molecular weight excluding hydrogens is 266 g/mol. The Morgan fingerprint density at radius 1 is 1.29 bits per heavy atom. The van der Waals surface area contributed by atoms with Crippen molar-refractivity contribution >= 4 is 11.9 Å². The van der Waals surface area contributed by atoms with E-state index >= 15 is 0 Å². The van der Waals surface area contributed by atoms with Crippen molar-refractivity contribution in [2.75, 3.05) is 38.5 Å². The van der Waals surface area contributed by atoms with E-state index in [0.717, 1.165) is 39.0 Å². The predicted molar refractivity (Wildman–Crippen MR) is 83.4 cm³/mol. The lowest BCUT2D eigenvalue weighted by Gasteiger charge is -2.37. The normalized spacial score (nSPS) is 16.3. The van der Waals surface area contributed by atoms with Crippen molar-refractivity contribution < 1.29 is 4.79 Å². The first kappa shape index (κ1) is 15.7. The van der Waals surface area contributed by atoms with Crippen molar-refractivity contribution in [2.24, 2.45) is 0 Å². The number of hydrogen-bond donors (Lipinski definition) is 1. The van der Waals surface area contributed by atoms with Gasteiger partial charge in [0.2, 0.25) is 5.95 Å². The van der Waals surface area contributed by atoms with E-state index < -0.39 is 0 Å². The first-order chi connectivity index (χ1) is 10.2. The van der Waals surface area contributed by atoms with E-state index in [-0.39, 0.29) is 5.91 Å². The lowest BCUT2D eigenvalue weighted by atomic mass is 10.0. The van der Waals surface area contributed by atoms with Crippen molar-refractivity contribution in [3.63, 3.8) is 0 Å². The maximum Gasteiger partial charge on any atom is 0.256 e. The molecule has 116 valence electrons. The summed E-state index contributed by atoms with van der Waals surface area (Å²) in [6.45, 7) is 8.17. The van der Waals surface area contributed by atoms with E-state index in [4.69, 9.17) is 0 Å². The summed E-state index contributed by atoms with van der Waals surface area (Å²) in [4.78, 5) is 25.0. The monoisotopic (exact) mass is 291 g/mol. The van der Waals surface area contributed by atoms with Crippen LogP contribution in [-0.4, -0.2) is 64.9 Å². The number of piperidine rings is 1. The topological polar surface area (TPSA) is 61.4 Å². The molecule has 1 aliphatic rings. The second-order valence-corrected chi connectivity index (χ2v) is 5.29. The first-order valence-corrected chi connectivity index (χ1v) is 7.72. The van der Waals surface area contributed by atoms with Crippen molar-refractivity contribution in [3.8, 4) is 0 Å². The highest BCUT2D eigenvalue weighted by atomic mass is 16.2. The molecule has 1 saturated heterocycles. The summed E-state index contributed by atoms with van der Waals surface area (Å²) in [5.74, 6) is 0.572. The zero-order valence-corrected chi connectivity index (χ0v) is 13.2. The highest BCUT2D eigenvalue weighted by Gasteiger charge is 2.26. The molecule has 0 radical (unpaired) electrons. The lowest BCUT2D eigenvalue weighted by Crippen LogP contribution is -2.46. The molecule has 0 aliphatic carbocycles. The van der Waals surface area contributed by atoms with E-state index in [0.29, 0.717) is 17.6 Å². The fraction of sp³-hybridized carbons (Fsp3) is 0.667. The van der Waals surface area contributed by atoms with Crippen LogP contribution in [0, 0.1) is 0 Å². The molecule has 0 spiro atoms. The molecule has 0 atom stereocenters. The Morgan fingerprint density at radius 2 is 1.86 bits per heavy atom. The number of nitrogens with one attached hydrogen (secondary N) is 1. The van der Waals surface area contributed by atoms with Gasteiger partial charge in [0, 0.05) is 38.6 Å². The largest absolute Gasteiger partial charge is 0.357 e. The molecule has 6 heteroatoms. The van der Waals surface area contributed by atoms with Crippen LogP contribution >= 0.6 is 0 Å². The number of aromatic nitrogens is 2. The molecular formula is C15H25N5O. The van der Waals surface area contributed by atoms with E-state index in [1.54, 1.807) is 19.4 Å². The number of hydrogen-bond acceptors (Lipinski definition) is 5. The Hall–Kier alpha value is -1.69. The van der Waals surface area contributed by atoms with Gasteiger partial charge in [-0.3, -0.25) is 4.79 Å². The molecule has 0 saturated carbocycles. The van der Waals surface area contributed by atoms with Crippen LogP contribution < -0.4 is 5.32 Å². The van der Waals surface area contributed by atoms with Crippen LogP contribution in [0.5, 0.6) is 0 Å². The van der Waals surface area contributed by atoms with Crippen LogP contribution in [0.4, 0.5) is 5.95 Å². The van der Waals surface area contributed by atoms with Gasteiger partial charge < -0.3 is 15.1 Å². The summed E-state index contributed by atoms with van der Waals surface area (Å²) in [7, 11) is 1.76. The van der Waals surface area contributed by atoms with E-state index in [1.165, 1.54) is 0 Å². The van der Waals surface area contributed by atoms with Gasteiger partial charge in [0.25, 0.3) is 5.91 Å². The molecule has 21 heavy (non-hydrogen) atoms. The van der Waals surface area contributed by atoms with E-state index in [1.807, 2.05) is 4.90 Å². The van der Waals surface area contributed by atoms with Crippen molar-refractivity contribution in [3.05, 3.63) is 18.0 Å². The van der Waals surface area contributed by atoms with Crippen LogP contribution in [0.3, 0.4) is 0 Å². The van der Waals surface area contributed by atoms with Crippen LogP contribution in [0.1, 0.15) is 37.0 Å². The second-order valence-electron chi connectivity index (χ2n) is 5.29. The number of rotatable bonds is 5. The summed E-state index contributed by atoms with van der Waals surface area (Å²) in [5.41, 5.74) is 0.565. The zero-order valence-electron chi connectivity index (χ0n) is 13.2. The molecule has 1 aromatic heterocycles. The molecule has 0 bridgehead atoms. The first-order valence-electron chi connectivity index (χ1n) is 7.72. The fourth-order valence-corrected chi connectivity index (χ4v) is 2.92. The van der Waals surface area contributed by atoms with Crippen molar-refractivity contribution in [1.82, 2.24) is 19.8 Å². The Bertz CT molecular complexity index is 450. The van der Waals surface area contributed by atoms with E-state index in [2.05, 4.69) is 34.0 Å². The zero-order chi connectivity index (χ0) is 15.2. The van der Waals surface area contributed by atoms with Gasteiger partial charge in [-0.2, -0.15) is 0 Å². The molecule has 2 heterocycles. The van der Waals surface area contributed by atoms with Gasteiger partial charge in [0.15, 0.2) is 0 Å². The van der Waals surface area contributed by atoms with Crippen LogP contribution in [0.15, 0.2) is 12.4 Å². The van der Waals surface area contributed by atoms with Gasteiger partial charge in [-0.15, -0.1) is 0 Å². The van der Waals surface area contributed by atoms with Crippen LogP contribution in [0.25, 0.3) is 0 Å². The van der Waals surface area contributed by atoms with Crippen LogP contribution in [0.2, 0.25) is 0 Å². The minimum Gasteiger partial charge on any atom is -0.357 e. The third-order valence-corrected chi connectivity index (χ3v) is 4.20. The van der Waals surface area contributed by atoms with Crippen molar-refractivity contribution in [2.45, 2.75) is 32.7 Å². The number of anilines is 1. The molecule has 1 aliphatic heterocycles. The smallest absolute Gasteiger partial charge is 0.256 e. The Balaban J connectivity index is 1.93. The minimum atomic E-state index is 0.0376. The molecule has 2 rings (SSSR count). The average Bonchev–Trinajstić information content (AvgIpc) is 2.56. The number of carbonyl (C=O) groups excluding carboxylic acids is 1. The van der Waals surface area contributed by atoms with Gasteiger partial charge in [0.05, 0.1) is 5.56 Å². The lowest BCUT2D eigenvalue weighted by molar-refractivity contribution is 0.0630. The molecule has 1 amide bonds. The van der Waals surface area contributed by atoms with Gasteiger partial charge in [-0.05, 0) is 25.9 Å². The molecule has 1 aromatic rings. The molecule has 6 nitrogen and oxygen atoms in total. The Kier molecular flexibility index (Phi) is 5.50. The summed E-state index contributed by atoms with van der Waals surface area (Å²) in [6, 6.07) is 0.604. The quantitative estimate of drug-likeness (QED) is 0.890. The van der Waals surface area contributed by atoms with Gasteiger partial charge in [0.1, 0.15) is 0 Å². The van der Waals surface area contributed by atoms with Crippen molar-refractivity contribution in [1.29, 1.82) is 0 Å². The summed E-state index contributed by atoms with van der Waals surface area (Å²) >= 11 is 0. The number of nitrogens with zero attached hydrogens (tertiary/aromatic N) is 4. The summed E-state index contributed by atoms with van der Waals surface area (Å²) in [5, 5.41) is 2.85. The Labute approximate surface area is 126 Å². The summed E-state index contributed by atoms with van der Waals surface area (Å²) in [6.07, 6.45) is 5.28. The molecule has 1 N–H and O–H groups in total. The molecule has 0 unspecified atom stereocenters. The van der Waals surface area contributed by atoms with Gasteiger partial charge >= 0.3 is 0 Å². The maximum absolute atomic E-state index is 12.4. The third kappa shape index (κ3) is 3.69. The third-order valence-electron chi connectivity index (χ3n) is 4.20. The molecule has 0 aromatic carbocycles.